The molecule has 5 nitrogen and oxygen atoms in total. The maximum atomic E-state index is 13.3. The molecule has 1 heterocycles. The molecule has 9 heteroatoms. The standard InChI is InChI=1S/C13H12F4N2O3/c1-6(20)9-10(7-3-2-4-8(14)5-7)18-11(21)19-12(9,22)13(15,16)17/h2-5,9-10,22H,1H3,(H2,18,19,21)/t9-,10-,12+/m1/s1. The number of rotatable bonds is 2. The van der Waals surface area contributed by atoms with Crippen LogP contribution in [0.4, 0.5) is 22.4 Å². The Morgan fingerprint density at radius 3 is 2.50 bits per heavy atom. The zero-order valence-corrected chi connectivity index (χ0v) is 11.2. The fraction of sp³-hybridized carbons (Fsp3) is 0.385. The van der Waals surface area contributed by atoms with E-state index in [-0.39, 0.29) is 5.56 Å². The zero-order chi connectivity index (χ0) is 16.7. The van der Waals surface area contributed by atoms with Gasteiger partial charge >= 0.3 is 12.2 Å². The van der Waals surface area contributed by atoms with Gasteiger partial charge < -0.3 is 15.7 Å². The number of carbonyl (C=O) groups excluding carboxylic acids is 2. The molecule has 0 bridgehead atoms. The number of amides is 2. The molecular weight excluding hydrogens is 308 g/mol. The van der Waals surface area contributed by atoms with Crippen LogP contribution in [-0.4, -0.2) is 28.8 Å². The zero-order valence-electron chi connectivity index (χ0n) is 11.2. The van der Waals surface area contributed by atoms with Gasteiger partial charge in [-0.15, -0.1) is 0 Å². The van der Waals surface area contributed by atoms with Gasteiger partial charge in [-0.05, 0) is 24.6 Å². The summed E-state index contributed by atoms with van der Waals surface area (Å²) >= 11 is 0. The van der Waals surface area contributed by atoms with Crippen molar-refractivity contribution in [1.29, 1.82) is 0 Å². The maximum absolute atomic E-state index is 13.3. The van der Waals surface area contributed by atoms with Gasteiger partial charge in [0.1, 0.15) is 11.6 Å². The largest absolute Gasteiger partial charge is 0.437 e. The van der Waals surface area contributed by atoms with Crippen LogP contribution >= 0.6 is 0 Å². The van der Waals surface area contributed by atoms with E-state index in [1.165, 1.54) is 17.4 Å². The highest BCUT2D eigenvalue weighted by Crippen LogP contribution is 2.42. The van der Waals surface area contributed by atoms with Gasteiger partial charge in [0, 0.05) is 0 Å². The normalized spacial score (nSPS) is 28.7. The van der Waals surface area contributed by atoms with Crippen molar-refractivity contribution in [3.63, 3.8) is 0 Å². The van der Waals surface area contributed by atoms with E-state index in [0.717, 1.165) is 19.1 Å². The van der Waals surface area contributed by atoms with Crippen LogP contribution in [0.3, 0.4) is 0 Å². The van der Waals surface area contributed by atoms with Crippen molar-refractivity contribution >= 4 is 11.8 Å². The highest BCUT2D eigenvalue weighted by atomic mass is 19.4. The topological polar surface area (TPSA) is 78.4 Å². The molecule has 22 heavy (non-hydrogen) atoms. The van der Waals surface area contributed by atoms with Gasteiger partial charge in [0.25, 0.3) is 0 Å². The molecule has 3 N–H and O–H groups in total. The van der Waals surface area contributed by atoms with Crippen molar-refractivity contribution < 1.29 is 32.3 Å². The highest BCUT2D eigenvalue weighted by molar-refractivity contribution is 5.86. The fourth-order valence-corrected chi connectivity index (χ4v) is 2.50. The molecule has 0 aliphatic carbocycles. The smallest absolute Gasteiger partial charge is 0.363 e. The minimum Gasteiger partial charge on any atom is -0.363 e. The Hall–Kier alpha value is -2.16. The van der Waals surface area contributed by atoms with Gasteiger partial charge in [0.15, 0.2) is 0 Å². The first-order chi connectivity index (χ1) is 10.1. The number of hydrogen-bond acceptors (Lipinski definition) is 3. The predicted molar refractivity (Wildman–Crippen MR) is 66.0 cm³/mol. The summed E-state index contributed by atoms with van der Waals surface area (Å²) in [5.74, 6) is -3.82. The van der Waals surface area contributed by atoms with E-state index in [9.17, 15) is 32.3 Å². The average molecular weight is 320 g/mol. The van der Waals surface area contributed by atoms with Gasteiger partial charge in [-0.1, -0.05) is 12.1 Å². The van der Waals surface area contributed by atoms with Crippen molar-refractivity contribution in [3.05, 3.63) is 35.6 Å². The molecule has 0 radical (unpaired) electrons. The molecule has 0 unspecified atom stereocenters. The fourth-order valence-electron chi connectivity index (χ4n) is 2.50. The Bertz CT molecular complexity index is 620. The van der Waals surface area contributed by atoms with Crippen LogP contribution in [0.25, 0.3) is 0 Å². The Morgan fingerprint density at radius 2 is 2.00 bits per heavy atom. The van der Waals surface area contributed by atoms with Crippen molar-refractivity contribution in [2.45, 2.75) is 24.9 Å². The van der Waals surface area contributed by atoms with Crippen LogP contribution < -0.4 is 10.6 Å². The second-order valence-corrected chi connectivity index (χ2v) is 4.98. The molecule has 0 spiro atoms. The third-order valence-electron chi connectivity index (χ3n) is 3.45. The minimum atomic E-state index is -5.29. The maximum Gasteiger partial charge on any atom is 0.437 e. The Morgan fingerprint density at radius 1 is 1.36 bits per heavy atom. The van der Waals surface area contributed by atoms with E-state index >= 15 is 0 Å². The Kier molecular flexibility index (Phi) is 3.86. The number of urea groups is 1. The third kappa shape index (κ3) is 2.63. The van der Waals surface area contributed by atoms with E-state index < -0.39 is 41.5 Å². The molecule has 1 aliphatic rings. The molecule has 3 atom stereocenters. The molecule has 1 saturated heterocycles. The second-order valence-electron chi connectivity index (χ2n) is 4.98. The van der Waals surface area contributed by atoms with E-state index in [4.69, 9.17) is 0 Å². The molecule has 1 aliphatic heterocycles. The minimum absolute atomic E-state index is 0.0577. The average Bonchev–Trinajstić information content (AvgIpc) is 2.35. The predicted octanol–water partition coefficient (Wildman–Crippen LogP) is 1.64. The Labute approximate surface area is 122 Å². The van der Waals surface area contributed by atoms with Crippen molar-refractivity contribution in [2.24, 2.45) is 5.92 Å². The third-order valence-corrected chi connectivity index (χ3v) is 3.45. The number of carbonyl (C=O) groups is 2. The number of benzene rings is 1. The number of halogens is 4. The molecule has 1 aromatic rings. The lowest BCUT2D eigenvalue weighted by Crippen LogP contribution is -2.72. The summed E-state index contributed by atoms with van der Waals surface area (Å²) in [6.07, 6.45) is -5.29. The quantitative estimate of drug-likeness (QED) is 0.725. The molecule has 1 fully saturated rings. The second kappa shape index (κ2) is 5.24. The van der Waals surface area contributed by atoms with Gasteiger partial charge in [-0.2, -0.15) is 13.2 Å². The summed E-state index contributed by atoms with van der Waals surface area (Å²) in [6.45, 7) is 0.854. The summed E-state index contributed by atoms with van der Waals surface area (Å²) < 4.78 is 52.8. The van der Waals surface area contributed by atoms with E-state index in [0.29, 0.717) is 0 Å². The van der Waals surface area contributed by atoms with Crippen molar-refractivity contribution in [2.75, 3.05) is 0 Å². The van der Waals surface area contributed by atoms with Gasteiger partial charge in [-0.25, -0.2) is 9.18 Å². The van der Waals surface area contributed by atoms with Crippen LogP contribution in [0.15, 0.2) is 24.3 Å². The van der Waals surface area contributed by atoms with E-state index in [1.807, 2.05) is 0 Å². The van der Waals surface area contributed by atoms with Crippen LogP contribution in [-0.2, 0) is 4.79 Å². The van der Waals surface area contributed by atoms with E-state index in [2.05, 4.69) is 5.32 Å². The van der Waals surface area contributed by atoms with Gasteiger partial charge in [0.05, 0.1) is 12.0 Å². The summed E-state index contributed by atoms with van der Waals surface area (Å²) in [6, 6.07) is 1.60. The summed E-state index contributed by atoms with van der Waals surface area (Å²) in [7, 11) is 0. The molecule has 0 saturated carbocycles. The highest BCUT2D eigenvalue weighted by Gasteiger charge is 2.65. The monoisotopic (exact) mass is 320 g/mol. The lowest BCUT2D eigenvalue weighted by molar-refractivity contribution is -0.290. The first-order valence-electron chi connectivity index (χ1n) is 6.20. The lowest BCUT2D eigenvalue weighted by Gasteiger charge is -2.44. The molecule has 2 amide bonds. The van der Waals surface area contributed by atoms with Gasteiger partial charge in [-0.3, -0.25) is 4.79 Å². The Balaban J connectivity index is 2.57. The molecule has 120 valence electrons. The van der Waals surface area contributed by atoms with Gasteiger partial charge in [0.2, 0.25) is 5.72 Å². The lowest BCUT2D eigenvalue weighted by atomic mass is 9.79. The molecule has 0 aromatic heterocycles. The summed E-state index contributed by atoms with van der Waals surface area (Å²) in [4.78, 5) is 23.2. The van der Waals surface area contributed by atoms with Crippen molar-refractivity contribution in [3.8, 4) is 0 Å². The first-order valence-corrected chi connectivity index (χ1v) is 6.20. The SMILES string of the molecule is CC(=O)[C@@H]1[C@@H](c2cccc(F)c2)NC(=O)N[C@@]1(O)C(F)(F)F. The summed E-state index contributed by atoms with van der Waals surface area (Å²) in [5.41, 5.74) is -3.80. The van der Waals surface area contributed by atoms with Crippen LogP contribution in [0.1, 0.15) is 18.5 Å². The van der Waals surface area contributed by atoms with Crippen LogP contribution in [0, 0.1) is 11.7 Å². The van der Waals surface area contributed by atoms with Crippen molar-refractivity contribution in [1.82, 2.24) is 10.6 Å². The number of ketones is 1. The number of alkyl halides is 3. The molecular formula is C13H12F4N2O3. The number of Topliss-reactive ketones (excluding diaryl/α,β-unsaturated/α-hetero) is 1. The number of nitrogens with one attached hydrogen (secondary N) is 2. The molecule has 2 rings (SSSR count). The van der Waals surface area contributed by atoms with Crippen LogP contribution in [0.2, 0.25) is 0 Å². The molecule has 1 aromatic carbocycles. The van der Waals surface area contributed by atoms with Crippen LogP contribution in [0.5, 0.6) is 0 Å². The first kappa shape index (κ1) is 16.2. The summed E-state index contributed by atoms with van der Waals surface area (Å²) in [5, 5.41) is 13.4. The number of aliphatic hydroxyl groups is 1. The number of hydrogen-bond donors (Lipinski definition) is 3. The van der Waals surface area contributed by atoms with E-state index in [1.54, 1.807) is 0 Å².